The molecule has 0 radical (unpaired) electrons. The quantitative estimate of drug-likeness (QED) is 0.281. The van der Waals surface area contributed by atoms with Gasteiger partial charge < -0.3 is 29.6 Å². The van der Waals surface area contributed by atoms with Crippen LogP contribution < -0.4 is 19.5 Å². The molecule has 1 amide bonds. The zero-order valence-corrected chi connectivity index (χ0v) is 20.4. The minimum Gasteiger partial charge on any atom is -0.507 e. The molecule has 0 saturated heterocycles. The number of hydrogen-bond acceptors (Lipinski definition) is 7. The predicted molar refractivity (Wildman–Crippen MR) is 140 cm³/mol. The highest BCUT2D eigenvalue weighted by Gasteiger charge is 2.16. The number of imidazole rings is 1. The van der Waals surface area contributed by atoms with Crippen molar-refractivity contribution in [3.63, 3.8) is 0 Å². The monoisotopic (exact) mass is 496 g/mol. The van der Waals surface area contributed by atoms with Gasteiger partial charge in [0.05, 0.1) is 37.9 Å². The Morgan fingerprint density at radius 2 is 1.73 bits per heavy atom. The van der Waals surface area contributed by atoms with Crippen LogP contribution in [0.3, 0.4) is 0 Å². The third-order valence-corrected chi connectivity index (χ3v) is 5.91. The van der Waals surface area contributed by atoms with Crippen LogP contribution in [0.1, 0.15) is 10.4 Å². The van der Waals surface area contributed by atoms with E-state index in [0.717, 1.165) is 16.6 Å². The molecule has 37 heavy (non-hydrogen) atoms. The average Bonchev–Trinajstić information content (AvgIpc) is 3.36. The number of nitrogens with one attached hydrogen (secondary N) is 2. The zero-order chi connectivity index (χ0) is 25.9. The fourth-order valence-corrected chi connectivity index (χ4v) is 4.06. The van der Waals surface area contributed by atoms with Gasteiger partial charge in [-0.05, 0) is 60.2 Å². The number of pyridine rings is 1. The van der Waals surface area contributed by atoms with E-state index < -0.39 is 0 Å². The average molecular weight is 497 g/mol. The summed E-state index contributed by atoms with van der Waals surface area (Å²) in [6, 6.07) is 19.2. The van der Waals surface area contributed by atoms with Crippen LogP contribution in [0, 0.1) is 0 Å². The van der Waals surface area contributed by atoms with E-state index in [9.17, 15) is 9.90 Å². The topological polar surface area (TPSA) is 119 Å². The van der Waals surface area contributed by atoms with Crippen LogP contribution in [-0.2, 0) is 0 Å². The molecule has 0 saturated carbocycles. The molecular weight excluding hydrogens is 472 g/mol. The summed E-state index contributed by atoms with van der Waals surface area (Å²) in [5.41, 5.74) is 4.41. The number of amides is 1. The van der Waals surface area contributed by atoms with Crippen molar-refractivity contribution < 1.29 is 24.1 Å². The van der Waals surface area contributed by atoms with E-state index in [4.69, 9.17) is 14.2 Å². The third-order valence-electron chi connectivity index (χ3n) is 5.91. The number of benzene rings is 3. The highest BCUT2D eigenvalue weighted by molar-refractivity contribution is 6.06. The van der Waals surface area contributed by atoms with Crippen LogP contribution in [0.25, 0.3) is 33.5 Å². The van der Waals surface area contributed by atoms with Gasteiger partial charge in [-0.15, -0.1) is 0 Å². The summed E-state index contributed by atoms with van der Waals surface area (Å²) in [7, 11) is 4.65. The lowest BCUT2D eigenvalue weighted by Gasteiger charge is -2.10. The second kappa shape index (κ2) is 9.90. The lowest BCUT2D eigenvalue weighted by molar-refractivity contribution is 0.102. The molecule has 0 aliphatic rings. The van der Waals surface area contributed by atoms with Crippen molar-refractivity contribution in [3.05, 3.63) is 78.5 Å². The molecule has 9 nitrogen and oxygen atoms in total. The molecule has 5 aromatic rings. The van der Waals surface area contributed by atoms with Crippen LogP contribution >= 0.6 is 0 Å². The largest absolute Gasteiger partial charge is 0.507 e. The van der Waals surface area contributed by atoms with Gasteiger partial charge in [-0.25, -0.2) is 9.97 Å². The molecule has 2 heterocycles. The Balaban J connectivity index is 1.45. The van der Waals surface area contributed by atoms with E-state index in [1.54, 1.807) is 68.9 Å². The van der Waals surface area contributed by atoms with Gasteiger partial charge in [-0.2, -0.15) is 0 Å². The summed E-state index contributed by atoms with van der Waals surface area (Å²) in [5.74, 6) is 1.80. The van der Waals surface area contributed by atoms with Gasteiger partial charge in [-0.3, -0.25) is 4.79 Å². The standard InChI is InChI=1S/C28H24N4O5/c1-35-24-11-8-18(15-25(24)36-2)30-27(34)17-6-9-21-22(14-17)32-26(31-21)20-13-16(7-10-23(20)33)19-5-4-12-29-28(19)37-3/h4-15,33H,1-3H3,(H,30,34)(H,31,32). The number of anilines is 1. The first kappa shape index (κ1) is 23.7. The van der Waals surface area contributed by atoms with Crippen LogP contribution in [0.2, 0.25) is 0 Å². The number of methoxy groups -OCH3 is 3. The summed E-state index contributed by atoms with van der Waals surface area (Å²) in [6.45, 7) is 0. The number of carbonyl (C=O) groups excluding carboxylic acids is 1. The molecule has 0 fully saturated rings. The fraction of sp³-hybridized carbons (Fsp3) is 0.107. The van der Waals surface area contributed by atoms with E-state index in [1.807, 2.05) is 18.2 Å². The van der Waals surface area contributed by atoms with Crippen LogP contribution in [0.5, 0.6) is 23.1 Å². The number of phenolic OH excluding ortho intramolecular Hbond substituents is 1. The van der Waals surface area contributed by atoms with E-state index in [0.29, 0.717) is 45.5 Å². The Hall–Kier alpha value is -5.05. The molecule has 0 aliphatic carbocycles. The lowest BCUT2D eigenvalue weighted by Crippen LogP contribution is -2.11. The minimum atomic E-state index is -0.299. The van der Waals surface area contributed by atoms with Crippen molar-refractivity contribution in [2.75, 3.05) is 26.6 Å². The Morgan fingerprint density at radius 3 is 2.51 bits per heavy atom. The Labute approximate surface area is 212 Å². The number of aromatic hydroxyl groups is 1. The van der Waals surface area contributed by atoms with Gasteiger partial charge in [0, 0.05) is 29.1 Å². The van der Waals surface area contributed by atoms with Gasteiger partial charge in [0.2, 0.25) is 5.88 Å². The molecule has 0 bridgehead atoms. The highest BCUT2D eigenvalue weighted by Crippen LogP contribution is 2.36. The van der Waals surface area contributed by atoms with Gasteiger partial charge in [0.1, 0.15) is 11.6 Å². The Kier molecular flexibility index (Phi) is 6.34. The van der Waals surface area contributed by atoms with Gasteiger partial charge in [0.15, 0.2) is 11.5 Å². The molecule has 5 rings (SSSR count). The van der Waals surface area contributed by atoms with Crippen molar-refractivity contribution in [1.29, 1.82) is 0 Å². The molecular formula is C28H24N4O5. The van der Waals surface area contributed by atoms with Crippen molar-refractivity contribution in [2.24, 2.45) is 0 Å². The number of hydrogen-bond donors (Lipinski definition) is 3. The molecule has 0 aliphatic heterocycles. The first-order chi connectivity index (χ1) is 18.0. The van der Waals surface area contributed by atoms with E-state index >= 15 is 0 Å². The van der Waals surface area contributed by atoms with Crippen LogP contribution in [-0.4, -0.2) is 47.3 Å². The van der Waals surface area contributed by atoms with Gasteiger partial charge >= 0.3 is 0 Å². The van der Waals surface area contributed by atoms with E-state index in [1.165, 1.54) is 7.11 Å². The Morgan fingerprint density at radius 1 is 0.892 bits per heavy atom. The van der Waals surface area contributed by atoms with Crippen molar-refractivity contribution in [1.82, 2.24) is 15.0 Å². The summed E-state index contributed by atoms with van der Waals surface area (Å²) >= 11 is 0. The molecule has 2 aromatic heterocycles. The number of aromatic amines is 1. The van der Waals surface area contributed by atoms with Crippen LogP contribution in [0.4, 0.5) is 5.69 Å². The second-order valence-electron chi connectivity index (χ2n) is 8.13. The number of carbonyl (C=O) groups is 1. The van der Waals surface area contributed by atoms with E-state index in [2.05, 4.69) is 20.3 Å². The summed E-state index contributed by atoms with van der Waals surface area (Å²) in [5, 5.41) is 13.4. The third kappa shape index (κ3) is 4.62. The van der Waals surface area contributed by atoms with Crippen molar-refractivity contribution >= 4 is 22.6 Å². The smallest absolute Gasteiger partial charge is 0.255 e. The highest BCUT2D eigenvalue weighted by atomic mass is 16.5. The molecule has 0 atom stereocenters. The molecule has 186 valence electrons. The maximum Gasteiger partial charge on any atom is 0.255 e. The number of aromatic nitrogens is 3. The predicted octanol–water partition coefficient (Wildman–Crippen LogP) is 5.28. The van der Waals surface area contributed by atoms with Crippen molar-refractivity contribution in [2.45, 2.75) is 0 Å². The fourth-order valence-electron chi connectivity index (χ4n) is 4.06. The number of nitrogens with zero attached hydrogens (tertiary/aromatic N) is 2. The van der Waals surface area contributed by atoms with Crippen LogP contribution in [0.15, 0.2) is 72.9 Å². The second-order valence-corrected chi connectivity index (χ2v) is 8.13. The number of ether oxygens (including phenoxy) is 3. The van der Waals surface area contributed by atoms with Crippen molar-refractivity contribution in [3.8, 4) is 45.6 Å². The maximum absolute atomic E-state index is 12.9. The molecule has 0 unspecified atom stereocenters. The normalized spacial score (nSPS) is 10.8. The molecule has 3 N–H and O–H groups in total. The summed E-state index contributed by atoms with van der Waals surface area (Å²) in [6.07, 6.45) is 1.65. The number of H-pyrrole nitrogens is 1. The first-order valence-corrected chi connectivity index (χ1v) is 11.4. The lowest BCUT2D eigenvalue weighted by atomic mass is 10.0. The number of fused-ring (bicyclic) bond motifs is 1. The number of rotatable bonds is 7. The Bertz CT molecular complexity index is 1610. The number of phenols is 1. The summed E-state index contributed by atoms with van der Waals surface area (Å²) in [4.78, 5) is 25.0. The minimum absolute atomic E-state index is 0.0667. The first-order valence-electron chi connectivity index (χ1n) is 11.4. The zero-order valence-electron chi connectivity index (χ0n) is 20.4. The molecule has 9 heteroatoms. The maximum atomic E-state index is 12.9. The molecule has 0 spiro atoms. The van der Waals surface area contributed by atoms with Gasteiger partial charge in [0.25, 0.3) is 5.91 Å². The van der Waals surface area contributed by atoms with E-state index in [-0.39, 0.29) is 11.7 Å². The SMILES string of the molecule is COc1ccc(NC(=O)c2ccc3[nH]c(-c4cc(-c5cccnc5OC)ccc4O)nc3c2)cc1OC. The summed E-state index contributed by atoms with van der Waals surface area (Å²) < 4.78 is 15.9. The van der Waals surface area contributed by atoms with Gasteiger partial charge in [-0.1, -0.05) is 6.07 Å². The molecule has 3 aromatic carbocycles.